The average molecular weight is 977 g/mol. The van der Waals surface area contributed by atoms with E-state index in [1.54, 1.807) is 51.2 Å². The van der Waals surface area contributed by atoms with Crippen molar-refractivity contribution in [3.8, 4) is 0 Å². The molecule has 18 heteroatoms. The highest BCUT2D eigenvalue weighted by Gasteiger charge is 2.51. The fourth-order valence-electron chi connectivity index (χ4n) is 9.05. The molecule has 0 aromatic heterocycles. The first-order chi connectivity index (χ1) is 32.8. The fraction of sp³-hybridized carbons (Fsp3) is 0.686. The lowest BCUT2D eigenvalue weighted by molar-refractivity contribution is -0.307. The highest BCUT2D eigenvalue weighted by Crippen LogP contribution is 2.38. The van der Waals surface area contributed by atoms with E-state index in [-0.39, 0.29) is 38.1 Å². The van der Waals surface area contributed by atoms with Crippen molar-refractivity contribution in [1.82, 2.24) is 10.6 Å². The van der Waals surface area contributed by atoms with E-state index in [1.165, 1.54) is 0 Å². The quantitative estimate of drug-likeness (QED) is 0.152. The summed E-state index contributed by atoms with van der Waals surface area (Å²) in [6, 6.07) is -0.805. The number of hydrogen-bond acceptors (Lipinski definition) is 17. The zero-order chi connectivity index (χ0) is 50.7. The van der Waals surface area contributed by atoms with E-state index in [1.807, 2.05) is 61.6 Å². The number of carbonyl (C=O) groups is 2. The second kappa shape index (κ2) is 29.2. The predicted octanol–water partition coefficient (Wildman–Crippen LogP) is 1.17. The van der Waals surface area contributed by atoms with Crippen LogP contribution in [-0.2, 0) is 28.5 Å². The van der Waals surface area contributed by atoms with Crippen molar-refractivity contribution in [2.45, 2.75) is 189 Å². The zero-order valence-corrected chi connectivity index (χ0v) is 40.4. The molecule has 390 valence electrons. The van der Waals surface area contributed by atoms with Gasteiger partial charge in [0.1, 0.15) is 12.2 Å². The van der Waals surface area contributed by atoms with Gasteiger partial charge in [0.25, 0.3) is 0 Å². The molecule has 3 fully saturated rings. The standard InChI is InChI=1S/C51H80N2O16/c1-31-19-15-13-11-9-7-5-6-8-10-12-14-16-20-38-28-42-44(49(64)53-24-18-17-23-52-45-47(62)34(4)67-50(68-38)48(45)63)41(59)30-51(65,69-42)29-37(56)26-40(58)39(57)22-21-35(54)25-36(55)27-43(60)66-33(3)32(2)46(31)61/h5-16,19-20,31-42,44-48,50,52,54-59,61-63,65H,17-18,21-30H2,1-4H3,(H,53,64)/t31-,32-,33-,34+,35+,36+,37-,38-,39+,40+,41-,42-,44+,45-,46+,47+,48-,50-,51+/m0/s1. The van der Waals surface area contributed by atoms with Crippen LogP contribution < -0.4 is 10.6 Å². The number of amides is 1. The van der Waals surface area contributed by atoms with E-state index in [0.29, 0.717) is 19.4 Å². The van der Waals surface area contributed by atoms with Crippen molar-refractivity contribution in [1.29, 1.82) is 0 Å². The Bertz CT molecular complexity index is 1770. The summed E-state index contributed by atoms with van der Waals surface area (Å²) >= 11 is 0. The summed E-state index contributed by atoms with van der Waals surface area (Å²) in [6.45, 7) is 7.56. The van der Waals surface area contributed by atoms with Crippen LogP contribution in [0, 0.1) is 17.8 Å². The van der Waals surface area contributed by atoms with Gasteiger partial charge >= 0.3 is 5.97 Å². The first-order valence-electron chi connectivity index (χ1n) is 24.5. The summed E-state index contributed by atoms with van der Waals surface area (Å²) in [5.74, 6) is -5.40. The Morgan fingerprint density at radius 1 is 0.594 bits per heavy atom. The monoisotopic (exact) mass is 977 g/mol. The number of cyclic esters (lactones) is 1. The van der Waals surface area contributed by atoms with Gasteiger partial charge in [-0.25, -0.2) is 0 Å². The zero-order valence-electron chi connectivity index (χ0n) is 40.4. The molecule has 4 heterocycles. The molecule has 0 radical (unpaired) electrons. The van der Waals surface area contributed by atoms with Crippen LogP contribution >= 0.6 is 0 Å². The molecule has 12 N–H and O–H groups in total. The number of fused-ring (bicyclic) bond motifs is 4. The van der Waals surface area contributed by atoms with Crippen LogP contribution in [0.3, 0.4) is 0 Å². The van der Waals surface area contributed by atoms with Crippen LogP contribution in [0.2, 0.25) is 0 Å². The Hall–Kier alpha value is -3.44. The second-order valence-corrected chi connectivity index (χ2v) is 19.1. The van der Waals surface area contributed by atoms with Gasteiger partial charge < -0.3 is 80.6 Å². The number of ether oxygens (including phenoxy) is 4. The van der Waals surface area contributed by atoms with E-state index in [0.717, 1.165) is 0 Å². The highest BCUT2D eigenvalue weighted by molar-refractivity contribution is 5.80. The van der Waals surface area contributed by atoms with Gasteiger partial charge in [0.2, 0.25) is 5.91 Å². The molecular weight excluding hydrogens is 897 g/mol. The Labute approximate surface area is 406 Å². The molecule has 18 nitrogen and oxygen atoms in total. The lowest BCUT2D eigenvalue weighted by Gasteiger charge is -2.46. The van der Waals surface area contributed by atoms with E-state index >= 15 is 0 Å². The molecule has 19 atom stereocenters. The van der Waals surface area contributed by atoms with Gasteiger partial charge in [-0.15, -0.1) is 0 Å². The first-order valence-corrected chi connectivity index (χ1v) is 24.5. The minimum absolute atomic E-state index is 0.0812. The number of hydrogen-bond donors (Lipinski definition) is 12. The maximum Gasteiger partial charge on any atom is 0.308 e. The normalized spacial score (nSPS) is 41.9. The van der Waals surface area contributed by atoms with Gasteiger partial charge in [-0.2, -0.15) is 0 Å². The molecule has 4 aliphatic heterocycles. The van der Waals surface area contributed by atoms with Crippen LogP contribution in [-0.4, -0.2) is 174 Å². The molecule has 5 bridgehead atoms. The van der Waals surface area contributed by atoms with Gasteiger partial charge in [-0.05, 0) is 52.5 Å². The number of aliphatic hydroxyl groups excluding tert-OH is 9. The van der Waals surface area contributed by atoms with Crippen LogP contribution in [0.15, 0.2) is 85.1 Å². The minimum Gasteiger partial charge on any atom is -0.462 e. The maximum atomic E-state index is 13.8. The molecule has 4 aliphatic rings. The van der Waals surface area contributed by atoms with Crippen molar-refractivity contribution in [3.63, 3.8) is 0 Å². The van der Waals surface area contributed by atoms with E-state index in [2.05, 4.69) is 10.6 Å². The third-order valence-corrected chi connectivity index (χ3v) is 13.3. The molecule has 1 amide bonds. The van der Waals surface area contributed by atoms with Crippen molar-refractivity contribution >= 4 is 11.9 Å². The lowest BCUT2D eigenvalue weighted by atomic mass is 9.82. The van der Waals surface area contributed by atoms with Gasteiger partial charge in [0.15, 0.2) is 12.1 Å². The number of allylic oxidation sites excluding steroid dienone is 12. The lowest BCUT2D eigenvalue weighted by Crippen LogP contribution is -2.63. The fourth-order valence-corrected chi connectivity index (χ4v) is 9.05. The summed E-state index contributed by atoms with van der Waals surface area (Å²) in [5, 5.41) is 117. The molecule has 4 rings (SSSR count). The summed E-state index contributed by atoms with van der Waals surface area (Å²) in [6.07, 6.45) is 7.11. The van der Waals surface area contributed by atoms with Crippen molar-refractivity contribution < 1.29 is 79.6 Å². The Balaban J connectivity index is 1.59. The Kier molecular flexibility index (Phi) is 24.6. The third kappa shape index (κ3) is 19.3. The molecule has 3 saturated heterocycles. The minimum atomic E-state index is -2.23. The summed E-state index contributed by atoms with van der Waals surface area (Å²) in [4.78, 5) is 26.4. The van der Waals surface area contributed by atoms with Crippen LogP contribution in [0.1, 0.15) is 91.9 Å². The highest BCUT2D eigenvalue weighted by atomic mass is 16.7. The SMILES string of the molecule is C[C@@H]1[C@H](O)[C@@H](C)C=CC=CC=CC=CC=CC=CC=C[C@H]2C[C@@H]3O[C@](O)(C[C@@H](O)C[C@@H](O)[C@H](O)CC[C@@H](O)C[C@@H](O)CC(=O)O[C@H]1C)C[C@H](O)[C@H]3C(=O)NCCCCN[C@@H]1[C@H](O)[C@H](O2)O[C@H](C)[C@H]1O. The summed E-state index contributed by atoms with van der Waals surface area (Å²) < 4.78 is 24.0. The molecule has 0 saturated carbocycles. The third-order valence-electron chi connectivity index (χ3n) is 13.3. The number of esters is 1. The first kappa shape index (κ1) is 58.1. The number of aliphatic hydroxyl groups is 10. The maximum absolute atomic E-state index is 13.8. The molecule has 0 aliphatic carbocycles. The van der Waals surface area contributed by atoms with E-state index in [4.69, 9.17) is 18.9 Å². The van der Waals surface area contributed by atoms with E-state index < -0.39 is 147 Å². The van der Waals surface area contributed by atoms with Gasteiger partial charge in [-0.1, -0.05) is 98.9 Å². The molecule has 0 spiro atoms. The van der Waals surface area contributed by atoms with E-state index in [9.17, 15) is 60.7 Å². The molecule has 0 aromatic rings. The van der Waals surface area contributed by atoms with Crippen molar-refractivity contribution in [2.24, 2.45) is 17.8 Å². The molecular formula is C51H80N2O16. The number of rotatable bonds is 0. The van der Waals surface area contributed by atoms with Gasteiger partial charge in [0, 0.05) is 44.1 Å². The van der Waals surface area contributed by atoms with Crippen molar-refractivity contribution in [2.75, 3.05) is 13.1 Å². The topological polar surface area (TPSA) is 297 Å². The summed E-state index contributed by atoms with van der Waals surface area (Å²) in [5.41, 5.74) is 0. The Morgan fingerprint density at radius 2 is 1.20 bits per heavy atom. The van der Waals surface area contributed by atoms with Crippen LogP contribution in [0.25, 0.3) is 0 Å². The van der Waals surface area contributed by atoms with Crippen molar-refractivity contribution in [3.05, 3.63) is 85.1 Å². The van der Waals surface area contributed by atoms with Crippen LogP contribution in [0.5, 0.6) is 0 Å². The molecule has 69 heavy (non-hydrogen) atoms. The number of carbonyl (C=O) groups excluding carboxylic acids is 2. The largest absolute Gasteiger partial charge is 0.462 e. The molecule has 0 aromatic carbocycles. The Morgan fingerprint density at radius 3 is 1.86 bits per heavy atom. The smallest absolute Gasteiger partial charge is 0.308 e. The predicted molar refractivity (Wildman–Crippen MR) is 255 cm³/mol. The number of nitrogens with one attached hydrogen (secondary N) is 2. The van der Waals surface area contributed by atoms with Gasteiger partial charge in [0.05, 0.1) is 85.5 Å². The second-order valence-electron chi connectivity index (χ2n) is 19.1. The average Bonchev–Trinajstić information content (AvgIpc) is 3.27. The summed E-state index contributed by atoms with van der Waals surface area (Å²) in [7, 11) is 0. The van der Waals surface area contributed by atoms with Gasteiger partial charge in [-0.3, -0.25) is 9.59 Å². The molecule has 0 unspecified atom stereocenters. The van der Waals surface area contributed by atoms with Crippen LogP contribution in [0.4, 0.5) is 0 Å².